The lowest BCUT2D eigenvalue weighted by atomic mass is 10.1. The Morgan fingerprint density at radius 2 is 2.19 bits per heavy atom. The van der Waals surface area contributed by atoms with Crippen LogP contribution in [-0.4, -0.2) is 43.1 Å². The molecule has 0 bridgehead atoms. The summed E-state index contributed by atoms with van der Waals surface area (Å²) in [6.45, 7) is 6.84. The predicted octanol–water partition coefficient (Wildman–Crippen LogP) is 1.83. The van der Waals surface area contributed by atoms with E-state index < -0.39 is 0 Å². The van der Waals surface area contributed by atoms with Crippen LogP contribution in [0.4, 0.5) is 5.69 Å². The normalized spacial score (nSPS) is 26.1. The zero-order valence-electron chi connectivity index (χ0n) is 13.0. The molecule has 0 amide bonds. The molecule has 4 nitrogen and oxygen atoms in total. The Kier molecular flexibility index (Phi) is 4.48. The van der Waals surface area contributed by atoms with Gasteiger partial charge in [-0.3, -0.25) is 0 Å². The number of nitrogens with one attached hydrogen (secondary N) is 1. The van der Waals surface area contributed by atoms with Gasteiger partial charge in [0.15, 0.2) is 0 Å². The highest BCUT2D eigenvalue weighted by Gasteiger charge is 2.26. The number of hydrogen-bond acceptors (Lipinski definition) is 4. The van der Waals surface area contributed by atoms with Crippen molar-refractivity contribution >= 4 is 5.69 Å². The highest BCUT2D eigenvalue weighted by atomic mass is 16.5. The minimum Gasteiger partial charge on any atom is -0.394 e. The number of aliphatic hydroxyl groups is 1. The van der Waals surface area contributed by atoms with Crippen molar-refractivity contribution in [3.63, 3.8) is 0 Å². The van der Waals surface area contributed by atoms with E-state index in [-0.39, 0.29) is 12.7 Å². The molecule has 2 atom stereocenters. The van der Waals surface area contributed by atoms with E-state index in [2.05, 4.69) is 42.3 Å². The molecular formula is C17H26N2O2. The highest BCUT2D eigenvalue weighted by molar-refractivity contribution is 5.55. The lowest BCUT2D eigenvalue weighted by Crippen LogP contribution is -2.49. The summed E-state index contributed by atoms with van der Waals surface area (Å²) in [7, 11) is 0. The van der Waals surface area contributed by atoms with Gasteiger partial charge in [0.1, 0.15) is 0 Å². The van der Waals surface area contributed by atoms with Gasteiger partial charge in [0.2, 0.25) is 0 Å². The van der Waals surface area contributed by atoms with Gasteiger partial charge in [-0.2, -0.15) is 0 Å². The van der Waals surface area contributed by atoms with Gasteiger partial charge in [-0.25, -0.2) is 0 Å². The van der Waals surface area contributed by atoms with E-state index in [1.165, 1.54) is 29.7 Å². The molecule has 3 rings (SSSR count). The van der Waals surface area contributed by atoms with Crippen LogP contribution >= 0.6 is 0 Å². The fourth-order valence-electron chi connectivity index (χ4n) is 2.96. The molecule has 0 spiro atoms. The Morgan fingerprint density at radius 3 is 2.86 bits per heavy atom. The van der Waals surface area contributed by atoms with Crippen LogP contribution in [0, 0.1) is 6.92 Å². The van der Waals surface area contributed by atoms with E-state index in [0.717, 1.165) is 19.1 Å². The molecule has 1 aliphatic heterocycles. The molecule has 2 N–H and O–H groups in total. The third-order valence-corrected chi connectivity index (χ3v) is 4.45. The van der Waals surface area contributed by atoms with Gasteiger partial charge in [0.05, 0.1) is 19.3 Å². The second-order valence-corrected chi connectivity index (χ2v) is 6.42. The van der Waals surface area contributed by atoms with Gasteiger partial charge in [-0.1, -0.05) is 12.1 Å². The minimum atomic E-state index is -0.0724. The summed E-state index contributed by atoms with van der Waals surface area (Å²) in [5, 5.41) is 12.9. The van der Waals surface area contributed by atoms with E-state index in [0.29, 0.717) is 12.6 Å². The van der Waals surface area contributed by atoms with Crippen LogP contribution in [0.2, 0.25) is 0 Å². The molecule has 1 aromatic rings. The van der Waals surface area contributed by atoms with Crippen LogP contribution < -0.4 is 10.2 Å². The summed E-state index contributed by atoms with van der Waals surface area (Å²) >= 11 is 0. The number of nitrogens with zero attached hydrogens (tertiary/aromatic N) is 1. The van der Waals surface area contributed by atoms with Crippen molar-refractivity contribution in [1.82, 2.24) is 5.32 Å². The molecule has 1 aliphatic carbocycles. The third kappa shape index (κ3) is 3.57. The number of anilines is 1. The fourth-order valence-corrected chi connectivity index (χ4v) is 2.96. The van der Waals surface area contributed by atoms with Crippen molar-refractivity contribution in [2.24, 2.45) is 0 Å². The standard InChI is InChI=1S/C17H26N2O2/c1-12-7-14(8-18-15-4-5-15)3-6-17(12)19-9-16(10-20)21-11-13(19)2/h3,6-7,13,15-16,18,20H,4-5,8-11H2,1-2H3. The van der Waals surface area contributed by atoms with Crippen molar-refractivity contribution in [2.45, 2.75) is 51.4 Å². The summed E-state index contributed by atoms with van der Waals surface area (Å²) in [6, 6.07) is 7.81. The number of ether oxygens (including phenoxy) is 1. The number of hydrogen-bond donors (Lipinski definition) is 2. The SMILES string of the molecule is Cc1cc(CNC2CC2)ccc1N1CC(CO)OCC1C. The van der Waals surface area contributed by atoms with Crippen molar-refractivity contribution in [2.75, 3.05) is 24.7 Å². The van der Waals surface area contributed by atoms with E-state index >= 15 is 0 Å². The molecule has 0 radical (unpaired) electrons. The Balaban J connectivity index is 1.71. The van der Waals surface area contributed by atoms with E-state index in [9.17, 15) is 5.11 Å². The van der Waals surface area contributed by atoms with Crippen LogP contribution in [-0.2, 0) is 11.3 Å². The van der Waals surface area contributed by atoms with Gasteiger partial charge in [-0.05, 0) is 43.9 Å². The average molecular weight is 290 g/mol. The minimum absolute atomic E-state index is 0.0724. The number of aryl methyl sites for hydroxylation is 1. The molecule has 2 unspecified atom stereocenters. The maximum absolute atomic E-state index is 9.32. The van der Waals surface area contributed by atoms with E-state index in [4.69, 9.17) is 4.74 Å². The lowest BCUT2D eigenvalue weighted by Gasteiger charge is -2.40. The largest absolute Gasteiger partial charge is 0.394 e. The molecule has 21 heavy (non-hydrogen) atoms. The van der Waals surface area contributed by atoms with Gasteiger partial charge >= 0.3 is 0 Å². The maximum atomic E-state index is 9.32. The lowest BCUT2D eigenvalue weighted by molar-refractivity contribution is -0.0103. The topological polar surface area (TPSA) is 44.7 Å². The van der Waals surface area contributed by atoms with Crippen molar-refractivity contribution < 1.29 is 9.84 Å². The number of benzene rings is 1. The first kappa shape index (κ1) is 14.8. The molecule has 1 aromatic carbocycles. The zero-order chi connectivity index (χ0) is 14.8. The van der Waals surface area contributed by atoms with Crippen molar-refractivity contribution in [1.29, 1.82) is 0 Å². The summed E-state index contributed by atoms with van der Waals surface area (Å²) in [5.74, 6) is 0. The van der Waals surface area contributed by atoms with Crippen LogP contribution in [0.3, 0.4) is 0 Å². The summed E-state index contributed by atoms with van der Waals surface area (Å²) in [5.41, 5.74) is 3.91. The Morgan fingerprint density at radius 1 is 1.38 bits per heavy atom. The van der Waals surface area contributed by atoms with E-state index in [1.54, 1.807) is 0 Å². The van der Waals surface area contributed by atoms with Crippen LogP contribution in [0.5, 0.6) is 0 Å². The quantitative estimate of drug-likeness (QED) is 0.868. The van der Waals surface area contributed by atoms with E-state index in [1.807, 2.05) is 0 Å². The predicted molar refractivity (Wildman–Crippen MR) is 84.7 cm³/mol. The fraction of sp³-hybridized carbons (Fsp3) is 0.647. The molecule has 1 heterocycles. The molecule has 2 fully saturated rings. The van der Waals surface area contributed by atoms with Crippen LogP contribution in [0.1, 0.15) is 30.9 Å². The first-order valence-corrected chi connectivity index (χ1v) is 7.99. The highest BCUT2D eigenvalue weighted by Crippen LogP contribution is 2.27. The Hall–Kier alpha value is -1.10. The van der Waals surface area contributed by atoms with Gasteiger partial charge < -0.3 is 20.1 Å². The second-order valence-electron chi connectivity index (χ2n) is 6.42. The summed E-state index contributed by atoms with van der Waals surface area (Å²) < 4.78 is 5.62. The maximum Gasteiger partial charge on any atom is 0.0981 e. The number of morpholine rings is 1. The third-order valence-electron chi connectivity index (χ3n) is 4.45. The average Bonchev–Trinajstić information content (AvgIpc) is 3.30. The van der Waals surface area contributed by atoms with Crippen LogP contribution in [0.25, 0.3) is 0 Å². The first-order chi connectivity index (χ1) is 10.2. The van der Waals surface area contributed by atoms with Crippen molar-refractivity contribution in [3.05, 3.63) is 29.3 Å². The van der Waals surface area contributed by atoms with Gasteiger partial charge in [-0.15, -0.1) is 0 Å². The molecule has 0 aromatic heterocycles. The molecular weight excluding hydrogens is 264 g/mol. The summed E-state index contributed by atoms with van der Waals surface area (Å²) in [6.07, 6.45) is 2.58. The number of rotatable bonds is 5. The second kappa shape index (κ2) is 6.34. The smallest absolute Gasteiger partial charge is 0.0981 e. The first-order valence-electron chi connectivity index (χ1n) is 7.99. The monoisotopic (exact) mass is 290 g/mol. The molecule has 4 heteroatoms. The molecule has 1 saturated carbocycles. The number of aliphatic hydroxyl groups excluding tert-OH is 1. The molecule has 1 saturated heterocycles. The Bertz CT molecular complexity index is 488. The van der Waals surface area contributed by atoms with Gasteiger partial charge in [0.25, 0.3) is 0 Å². The van der Waals surface area contributed by atoms with Crippen LogP contribution in [0.15, 0.2) is 18.2 Å². The van der Waals surface area contributed by atoms with Crippen molar-refractivity contribution in [3.8, 4) is 0 Å². The molecule has 2 aliphatic rings. The molecule has 116 valence electrons. The Labute approximate surface area is 127 Å². The van der Waals surface area contributed by atoms with Gasteiger partial charge in [0, 0.05) is 30.9 Å². The summed E-state index contributed by atoms with van der Waals surface area (Å²) in [4.78, 5) is 2.36. The zero-order valence-corrected chi connectivity index (χ0v) is 13.0.